The van der Waals surface area contributed by atoms with Crippen LogP contribution in [0.5, 0.6) is 0 Å². The molecule has 1 N–H and O–H groups in total. The number of rotatable bonds is 1. The first-order chi connectivity index (χ1) is 6.21. The molecule has 0 saturated heterocycles. The van der Waals surface area contributed by atoms with Crippen LogP contribution in [0, 0.1) is 3.57 Å². The molecule has 1 fully saturated rings. The van der Waals surface area contributed by atoms with Crippen LogP contribution in [-0.4, -0.2) is 5.11 Å². The summed E-state index contributed by atoms with van der Waals surface area (Å²) in [6.07, 6.45) is 4.16. The van der Waals surface area contributed by atoms with Crippen LogP contribution in [0.1, 0.15) is 31.2 Å². The van der Waals surface area contributed by atoms with Gasteiger partial charge in [-0.3, -0.25) is 0 Å². The molecule has 0 unspecified atom stereocenters. The van der Waals surface area contributed by atoms with Gasteiger partial charge in [-0.2, -0.15) is 0 Å². The molecule has 0 bridgehead atoms. The lowest BCUT2D eigenvalue weighted by molar-refractivity contribution is 0.0444. The van der Waals surface area contributed by atoms with E-state index in [2.05, 4.69) is 34.7 Å². The molecule has 0 atom stereocenters. The zero-order valence-electron chi connectivity index (χ0n) is 7.46. The van der Waals surface area contributed by atoms with Gasteiger partial charge >= 0.3 is 0 Å². The Labute approximate surface area is 92.3 Å². The van der Waals surface area contributed by atoms with Gasteiger partial charge in [0.15, 0.2) is 0 Å². The molecule has 0 aromatic heterocycles. The number of benzene rings is 1. The quantitative estimate of drug-likeness (QED) is 0.787. The number of hydrogen-bond donors (Lipinski definition) is 1. The third-order valence-corrected chi connectivity index (χ3v) is 3.53. The average Bonchev–Trinajstić information content (AvgIpc) is 2.54. The summed E-state index contributed by atoms with van der Waals surface area (Å²) in [7, 11) is 0. The second-order valence-electron chi connectivity index (χ2n) is 3.75. The molecule has 70 valence electrons. The first-order valence-electron chi connectivity index (χ1n) is 4.69. The average molecular weight is 288 g/mol. The molecule has 0 radical (unpaired) electrons. The minimum Gasteiger partial charge on any atom is -0.385 e. The maximum absolute atomic E-state index is 10.3. The van der Waals surface area contributed by atoms with Crippen molar-refractivity contribution in [3.8, 4) is 0 Å². The van der Waals surface area contributed by atoms with Crippen molar-refractivity contribution in [1.29, 1.82) is 0 Å². The lowest BCUT2D eigenvalue weighted by Gasteiger charge is -2.22. The highest BCUT2D eigenvalue weighted by Gasteiger charge is 2.32. The molecule has 1 aliphatic rings. The number of halogens is 1. The molecular formula is C11H13IO. The highest BCUT2D eigenvalue weighted by molar-refractivity contribution is 14.1. The van der Waals surface area contributed by atoms with Crippen LogP contribution in [0.25, 0.3) is 0 Å². The lowest BCUT2D eigenvalue weighted by Crippen LogP contribution is -2.20. The van der Waals surface area contributed by atoms with Crippen LogP contribution in [0.4, 0.5) is 0 Å². The van der Waals surface area contributed by atoms with Gasteiger partial charge in [-0.25, -0.2) is 0 Å². The third-order valence-electron chi connectivity index (χ3n) is 2.81. The van der Waals surface area contributed by atoms with Gasteiger partial charge in [0.05, 0.1) is 5.60 Å². The SMILES string of the molecule is OC1(c2ccc(I)cc2)CCCC1. The van der Waals surface area contributed by atoms with E-state index < -0.39 is 5.60 Å². The largest absolute Gasteiger partial charge is 0.385 e. The third kappa shape index (κ3) is 1.89. The van der Waals surface area contributed by atoms with E-state index >= 15 is 0 Å². The van der Waals surface area contributed by atoms with Crippen LogP contribution in [0.15, 0.2) is 24.3 Å². The molecule has 1 aromatic rings. The molecule has 13 heavy (non-hydrogen) atoms. The lowest BCUT2D eigenvalue weighted by atomic mass is 9.92. The summed E-state index contributed by atoms with van der Waals surface area (Å²) in [4.78, 5) is 0. The summed E-state index contributed by atoms with van der Waals surface area (Å²) in [5, 5.41) is 10.3. The maximum atomic E-state index is 10.3. The molecule has 1 aromatic carbocycles. The highest BCUT2D eigenvalue weighted by Crippen LogP contribution is 2.38. The Kier molecular flexibility index (Phi) is 2.60. The van der Waals surface area contributed by atoms with Gasteiger partial charge in [0.2, 0.25) is 0 Å². The van der Waals surface area contributed by atoms with Crippen LogP contribution in [0.2, 0.25) is 0 Å². The fourth-order valence-electron chi connectivity index (χ4n) is 2.01. The van der Waals surface area contributed by atoms with Crippen molar-refractivity contribution in [2.75, 3.05) is 0 Å². The molecule has 1 nitrogen and oxygen atoms in total. The van der Waals surface area contributed by atoms with Crippen molar-refractivity contribution in [1.82, 2.24) is 0 Å². The topological polar surface area (TPSA) is 20.2 Å². The smallest absolute Gasteiger partial charge is 0.0896 e. The molecule has 1 aliphatic carbocycles. The molecule has 0 amide bonds. The van der Waals surface area contributed by atoms with Crippen molar-refractivity contribution in [3.63, 3.8) is 0 Å². The summed E-state index contributed by atoms with van der Waals surface area (Å²) >= 11 is 2.28. The van der Waals surface area contributed by atoms with E-state index in [1.165, 1.54) is 3.57 Å². The van der Waals surface area contributed by atoms with Crippen molar-refractivity contribution < 1.29 is 5.11 Å². The monoisotopic (exact) mass is 288 g/mol. The molecule has 0 heterocycles. The molecular weight excluding hydrogens is 275 g/mol. The Hall–Kier alpha value is -0.0900. The molecule has 0 aliphatic heterocycles. The fourth-order valence-corrected chi connectivity index (χ4v) is 2.37. The van der Waals surface area contributed by atoms with Gasteiger partial charge in [-0.15, -0.1) is 0 Å². The highest BCUT2D eigenvalue weighted by atomic mass is 127. The molecule has 2 rings (SSSR count). The summed E-state index contributed by atoms with van der Waals surface area (Å²) in [6, 6.07) is 8.22. The first-order valence-corrected chi connectivity index (χ1v) is 5.77. The Morgan fingerprint density at radius 1 is 1.08 bits per heavy atom. The Morgan fingerprint density at radius 2 is 1.62 bits per heavy atom. The number of hydrogen-bond acceptors (Lipinski definition) is 1. The summed E-state index contributed by atoms with van der Waals surface area (Å²) in [5.74, 6) is 0. The van der Waals surface area contributed by atoms with Gasteiger partial charge in [-0.1, -0.05) is 25.0 Å². The van der Waals surface area contributed by atoms with Gasteiger partial charge in [0, 0.05) is 3.57 Å². The standard InChI is InChI=1S/C11H13IO/c12-10-5-3-9(4-6-10)11(13)7-1-2-8-11/h3-6,13H,1-2,7-8H2. The first kappa shape index (κ1) is 9.46. The van der Waals surface area contributed by atoms with Gasteiger partial charge in [0.1, 0.15) is 0 Å². The van der Waals surface area contributed by atoms with Crippen LogP contribution < -0.4 is 0 Å². The second kappa shape index (κ2) is 3.58. The fraction of sp³-hybridized carbons (Fsp3) is 0.455. The zero-order chi connectivity index (χ0) is 9.31. The van der Waals surface area contributed by atoms with Crippen molar-refractivity contribution in [3.05, 3.63) is 33.4 Å². The van der Waals surface area contributed by atoms with E-state index in [9.17, 15) is 5.11 Å². The molecule has 0 spiro atoms. The van der Waals surface area contributed by atoms with E-state index in [1.807, 2.05) is 12.1 Å². The Morgan fingerprint density at radius 3 is 2.15 bits per heavy atom. The van der Waals surface area contributed by atoms with E-state index in [-0.39, 0.29) is 0 Å². The van der Waals surface area contributed by atoms with Crippen molar-refractivity contribution >= 4 is 22.6 Å². The molecule has 2 heteroatoms. The van der Waals surface area contributed by atoms with Gasteiger partial charge < -0.3 is 5.11 Å². The van der Waals surface area contributed by atoms with Gasteiger partial charge in [0.25, 0.3) is 0 Å². The van der Waals surface area contributed by atoms with Gasteiger partial charge in [-0.05, 0) is 53.1 Å². The van der Waals surface area contributed by atoms with E-state index in [0.29, 0.717) is 0 Å². The summed E-state index contributed by atoms with van der Waals surface area (Å²) in [6.45, 7) is 0. The minimum absolute atomic E-state index is 0.523. The molecule has 1 saturated carbocycles. The summed E-state index contributed by atoms with van der Waals surface area (Å²) < 4.78 is 1.22. The van der Waals surface area contributed by atoms with Crippen LogP contribution >= 0.6 is 22.6 Å². The van der Waals surface area contributed by atoms with E-state index in [1.54, 1.807) is 0 Å². The van der Waals surface area contributed by atoms with Crippen molar-refractivity contribution in [2.45, 2.75) is 31.3 Å². The van der Waals surface area contributed by atoms with Crippen molar-refractivity contribution in [2.24, 2.45) is 0 Å². The van der Waals surface area contributed by atoms with Crippen LogP contribution in [0.3, 0.4) is 0 Å². The van der Waals surface area contributed by atoms with Crippen LogP contribution in [-0.2, 0) is 5.60 Å². The van der Waals surface area contributed by atoms with E-state index in [0.717, 1.165) is 31.2 Å². The predicted molar refractivity (Wildman–Crippen MR) is 61.5 cm³/mol. The Balaban J connectivity index is 2.29. The zero-order valence-corrected chi connectivity index (χ0v) is 9.62. The normalized spacial score (nSPS) is 20.5. The summed E-state index contributed by atoms with van der Waals surface area (Å²) in [5.41, 5.74) is 0.565. The maximum Gasteiger partial charge on any atom is 0.0896 e. The Bertz CT molecular complexity index is 285. The van der Waals surface area contributed by atoms with E-state index in [4.69, 9.17) is 0 Å². The number of aliphatic hydroxyl groups is 1. The minimum atomic E-state index is -0.523. The second-order valence-corrected chi connectivity index (χ2v) is 4.99. The predicted octanol–water partition coefficient (Wildman–Crippen LogP) is 3.05.